The van der Waals surface area contributed by atoms with Gasteiger partial charge in [0.15, 0.2) is 0 Å². The molecule has 10 heteroatoms. The van der Waals surface area contributed by atoms with E-state index in [-0.39, 0.29) is 34.7 Å². The van der Waals surface area contributed by atoms with Crippen LogP contribution in [0.3, 0.4) is 0 Å². The highest BCUT2D eigenvalue weighted by atomic mass is 32.2. The number of carbonyl (C=O) groups excluding carboxylic acids is 1. The number of fused-ring (bicyclic) bond motifs is 1. The van der Waals surface area contributed by atoms with Gasteiger partial charge >= 0.3 is 5.69 Å². The third-order valence-electron chi connectivity index (χ3n) is 6.99. The molecule has 1 aromatic carbocycles. The highest BCUT2D eigenvalue weighted by molar-refractivity contribution is 7.99. The number of pyridine rings is 1. The molecule has 1 aliphatic heterocycles. The Morgan fingerprint density at radius 2 is 1.66 bits per heavy atom. The number of hydrogen-bond donors (Lipinski definition) is 1. The Morgan fingerprint density at radius 3 is 2.37 bits per heavy atom. The molecule has 1 saturated heterocycles. The van der Waals surface area contributed by atoms with E-state index in [1.807, 2.05) is 11.8 Å². The van der Waals surface area contributed by atoms with Crippen LogP contribution in [-0.2, 0) is 0 Å². The molecule has 2 fully saturated rings. The number of thioether (sulfide) groups is 1. The summed E-state index contributed by atoms with van der Waals surface area (Å²) in [5.74, 6) is 0.139. The summed E-state index contributed by atoms with van der Waals surface area (Å²) in [4.78, 5) is 43.6. The van der Waals surface area contributed by atoms with E-state index in [0.717, 1.165) is 36.6 Å². The predicted octanol–water partition coefficient (Wildman–Crippen LogP) is 3.82. The topological polar surface area (TPSA) is 86.0 Å². The summed E-state index contributed by atoms with van der Waals surface area (Å²) in [5, 5.41) is 2.97. The van der Waals surface area contributed by atoms with Gasteiger partial charge in [-0.1, -0.05) is 12.1 Å². The molecule has 3 aromatic rings. The average molecular weight is 501 g/mol. The van der Waals surface area contributed by atoms with Crippen LogP contribution in [0, 0.1) is 11.6 Å². The van der Waals surface area contributed by atoms with E-state index >= 15 is 0 Å². The Kier molecular flexibility index (Phi) is 6.73. The van der Waals surface area contributed by atoms with Crippen molar-refractivity contribution in [3.8, 4) is 0 Å². The summed E-state index contributed by atoms with van der Waals surface area (Å²) < 4.78 is 30.8. The number of amides is 1. The van der Waals surface area contributed by atoms with Crippen LogP contribution in [0.4, 0.5) is 8.78 Å². The third-order valence-corrected chi connectivity index (χ3v) is 8.04. The maximum atomic E-state index is 14.0. The van der Waals surface area contributed by atoms with Gasteiger partial charge in [0.1, 0.15) is 17.3 Å². The molecular weight excluding hydrogens is 474 g/mol. The Bertz CT molecular complexity index is 1380. The van der Waals surface area contributed by atoms with Crippen molar-refractivity contribution in [2.45, 2.75) is 56.7 Å². The minimum absolute atomic E-state index is 0.0107. The number of nitrogens with one attached hydrogen (secondary N) is 1. The van der Waals surface area contributed by atoms with Crippen molar-refractivity contribution < 1.29 is 13.6 Å². The number of benzene rings is 1. The minimum Gasteiger partial charge on any atom is -0.349 e. The van der Waals surface area contributed by atoms with Gasteiger partial charge in [-0.3, -0.25) is 18.7 Å². The average Bonchev–Trinajstić information content (AvgIpc) is 2.86. The molecule has 0 radical (unpaired) electrons. The molecule has 2 aliphatic rings. The van der Waals surface area contributed by atoms with Crippen molar-refractivity contribution in [1.82, 2.24) is 19.4 Å². The quantitative estimate of drug-likeness (QED) is 0.589. The molecule has 0 bridgehead atoms. The summed E-state index contributed by atoms with van der Waals surface area (Å²) in [6.07, 6.45) is 4.67. The molecule has 5 rings (SSSR count). The molecule has 3 heterocycles. The van der Waals surface area contributed by atoms with Gasteiger partial charge in [-0.15, -0.1) is 0 Å². The first-order valence-electron chi connectivity index (χ1n) is 11.9. The fraction of sp³-hybridized carbons (Fsp3) is 0.440. The van der Waals surface area contributed by atoms with Crippen molar-refractivity contribution in [3.05, 3.63) is 74.6 Å². The van der Waals surface area contributed by atoms with Gasteiger partial charge in [0.2, 0.25) is 0 Å². The standard InChI is InChI=1S/C25H26F2N4O3S/c26-15-13-20-22(28-14-15)30(18-9-11-35-12-10-18)25(34)31(24(20)33)17-7-5-16(6-8-17)29-23(32)19-3-1-2-4-21(19)27/h1-4,13-14,16-18H,5-12H2,(H,29,32)/t16-,17+. The Labute approximate surface area is 204 Å². The van der Waals surface area contributed by atoms with Crippen molar-refractivity contribution in [2.75, 3.05) is 11.5 Å². The third kappa shape index (κ3) is 4.63. The van der Waals surface area contributed by atoms with Crippen LogP contribution >= 0.6 is 11.8 Å². The largest absolute Gasteiger partial charge is 0.349 e. The van der Waals surface area contributed by atoms with Gasteiger partial charge in [0.05, 0.1) is 17.1 Å². The first-order chi connectivity index (χ1) is 16.9. The Balaban J connectivity index is 1.42. The Hall–Kier alpha value is -3.01. The van der Waals surface area contributed by atoms with Crippen molar-refractivity contribution in [1.29, 1.82) is 0 Å². The summed E-state index contributed by atoms with van der Waals surface area (Å²) in [7, 11) is 0. The summed E-state index contributed by atoms with van der Waals surface area (Å²) in [6, 6.07) is 6.32. The van der Waals surface area contributed by atoms with Gasteiger partial charge < -0.3 is 5.32 Å². The van der Waals surface area contributed by atoms with Crippen LogP contribution < -0.4 is 16.6 Å². The normalized spacial score (nSPS) is 21.2. The second-order valence-corrected chi connectivity index (χ2v) is 10.4. The maximum absolute atomic E-state index is 14.0. The number of rotatable bonds is 4. The summed E-state index contributed by atoms with van der Waals surface area (Å²) in [5.41, 5.74) is -0.710. The zero-order chi connectivity index (χ0) is 24.5. The van der Waals surface area contributed by atoms with E-state index in [9.17, 15) is 23.2 Å². The highest BCUT2D eigenvalue weighted by Crippen LogP contribution is 2.30. The lowest BCUT2D eigenvalue weighted by atomic mass is 9.90. The van der Waals surface area contributed by atoms with Crippen molar-refractivity contribution in [3.63, 3.8) is 0 Å². The van der Waals surface area contributed by atoms with Gasteiger partial charge in [0, 0.05) is 18.1 Å². The Morgan fingerprint density at radius 1 is 0.971 bits per heavy atom. The van der Waals surface area contributed by atoms with E-state index in [0.29, 0.717) is 25.7 Å². The second-order valence-electron chi connectivity index (χ2n) is 9.15. The molecule has 1 amide bonds. The summed E-state index contributed by atoms with van der Waals surface area (Å²) in [6.45, 7) is 0. The molecule has 1 N–H and O–H groups in total. The van der Waals surface area contributed by atoms with Crippen molar-refractivity contribution >= 4 is 28.7 Å². The molecule has 1 saturated carbocycles. The van der Waals surface area contributed by atoms with Gasteiger partial charge in [0.25, 0.3) is 11.5 Å². The fourth-order valence-electron chi connectivity index (χ4n) is 5.19. The minimum atomic E-state index is -0.620. The number of hydrogen-bond acceptors (Lipinski definition) is 5. The molecule has 184 valence electrons. The zero-order valence-corrected chi connectivity index (χ0v) is 19.9. The molecule has 2 aromatic heterocycles. The van der Waals surface area contributed by atoms with E-state index in [1.165, 1.54) is 22.8 Å². The number of nitrogens with zero attached hydrogens (tertiary/aromatic N) is 3. The smallest absolute Gasteiger partial charge is 0.333 e. The van der Waals surface area contributed by atoms with Crippen LogP contribution in [-0.4, -0.2) is 37.6 Å². The van der Waals surface area contributed by atoms with Crippen LogP contribution in [0.15, 0.2) is 46.1 Å². The lowest BCUT2D eigenvalue weighted by molar-refractivity contribution is 0.0917. The maximum Gasteiger partial charge on any atom is 0.333 e. The second kappa shape index (κ2) is 9.93. The highest BCUT2D eigenvalue weighted by Gasteiger charge is 2.30. The lowest BCUT2D eigenvalue weighted by Gasteiger charge is -2.31. The van der Waals surface area contributed by atoms with E-state index in [4.69, 9.17) is 0 Å². The number of carbonyl (C=O) groups is 1. The van der Waals surface area contributed by atoms with E-state index in [1.54, 1.807) is 10.6 Å². The first kappa shape index (κ1) is 23.7. The monoisotopic (exact) mass is 500 g/mol. The molecule has 35 heavy (non-hydrogen) atoms. The van der Waals surface area contributed by atoms with Crippen molar-refractivity contribution in [2.24, 2.45) is 0 Å². The fourth-order valence-corrected chi connectivity index (χ4v) is 6.27. The van der Waals surface area contributed by atoms with Gasteiger partial charge in [-0.2, -0.15) is 11.8 Å². The molecule has 0 atom stereocenters. The van der Waals surface area contributed by atoms with Crippen LogP contribution in [0.5, 0.6) is 0 Å². The first-order valence-corrected chi connectivity index (χ1v) is 13.0. The predicted molar refractivity (Wildman–Crippen MR) is 131 cm³/mol. The SMILES string of the molecule is O=C(N[C@H]1CC[C@@H](n2c(=O)c3cc(F)cnc3n(C3CCSCC3)c2=O)CC1)c1ccccc1F. The van der Waals surface area contributed by atoms with Gasteiger partial charge in [-0.25, -0.2) is 18.6 Å². The van der Waals surface area contributed by atoms with E-state index < -0.39 is 28.8 Å². The molecule has 0 spiro atoms. The number of halogens is 2. The summed E-state index contributed by atoms with van der Waals surface area (Å²) >= 11 is 1.82. The van der Waals surface area contributed by atoms with Crippen LogP contribution in [0.2, 0.25) is 0 Å². The molecular formula is C25H26F2N4O3S. The van der Waals surface area contributed by atoms with Gasteiger partial charge in [-0.05, 0) is 68.2 Å². The molecule has 7 nitrogen and oxygen atoms in total. The molecule has 0 unspecified atom stereocenters. The molecule has 1 aliphatic carbocycles. The van der Waals surface area contributed by atoms with Crippen LogP contribution in [0.1, 0.15) is 61.0 Å². The lowest BCUT2D eigenvalue weighted by Crippen LogP contribution is -2.46. The zero-order valence-electron chi connectivity index (χ0n) is 19.1. The number of aromatic nitrogens is 3. The van der Waals surface area contributed by atoms with E-state index in [2.05, 4.69) is 10.3 Å². The van der Waals surface area contributed by atoms with Crippen LogP contribution in [0.25, 0.3) is 11.0 Å².